The van der Waals surface area contributed by atoms with E-state index in [4.69, 9.17) is 1.43 Å². The van der Waals surface area contributed by atoms with Crippen LogP contribution in [0.1, 0.15) is 25.7 Å². The maximum atomic E-state index is 6.53. The van der Waals surface area contributed by atoms with Gasteiger partial charge in [-0.1, -0.05) is 0 Å². The van der Waals surface area contributed by atoms with Crippen LogP contribution in [0, 0.1) is 0 Å². The summed E-state index contributed by atoms with van der Waals surface area (Å²) in [4.78, 5) is 0. The summed E-state index contributed by atoms with van der Waals surface area (Å²) in [5, 5.41) is 4.30. The number of allylic oxidation sites excluding steroid dienone is 2. The first kappa shape index (κ1) is 3.53. The van der Waals surface area contributed by atoms with Crippen LogP contribution in [-0.4, -0.2) is 5.11 Å². The molecule has 40 valence electrons. The van der Waals surface area contributed by atoms with Crippen molar-refractivity contribution in [3.8, 4) is 0 Å². The van der Waals surface area contributed by atoms with E-state index in [1.807, 2.05) is 6.08 Å². The minimum atomic E-state index is 0.844. The Bertz CT molecular complexity index is 98.7. The maximum absolute atomic E-state index is 6.53. The molecule has 0 radical (unpaired) electrons. The van der Waals surface area contributed by atoms with Gasteiger partial charge in [-0.25, -0.2) is 0 Å². The topological polar surface area (TPSA) is 20.2 Å². The van der Waals surface area contributed by atoms with E-state index in [2.05, 4.69) is 5.11 Å². The van der Waals surface area contributed by atoms with E-state index in [-0.39, 0.29) is 0 Å². The second-order valence-electron chi connectivity index (χ2n) is 1.92. The molecule has 0 saturated carbocycles. The molecule has 0 unspecified atom stereocenters. The van der Waals surface area contributed by atoms with E-state index < -0.39 is 0 Å². The summed E-state index contributed by atoms with van der Waals surface area (Å²) >= 11 is 0. The van der Waals surface area contributed by atoms with Crippen LogP contribution in [0.4, 0.5) is 0 Å². The average molecular weight is 99.2 g/mol. The van der Waals surface area contributed by atoms with E-state index >= 15 is 0 Å². The molecular formula is C6H10O. The van der Waals surface area contributed by atoms with Gasteiger partial charge in [-0.2, -0.15) is 0 Å². The van der Waals surface area contributed by atoms with Gasteiger partial charge in [0.2, 0.25) is 0 Å². The van der Waals surface area contributed by atoms with Crippen molar-refractivity contribution in [2.24, 2.45) is 0 Å². The van der Waals surface area contributed by atoms with E-state index in [0.717, 1.165) is 18.6 Å². The van der Waals surface area contributed by atoms with Gasteiger partial charge in [0.1, 0.15) is 0 Å². The molecule has 0 amide bonds. The molecule has 0 fully saturated rings. The van der Waals surface area contributed by atoms with Gasteiger partial charge >= 0.3 is 0 Å². The van der Waals surface area contributed by atoms with Crippen molar-refractivity contribution in [1.29, 1.82) is 1.43 Å². The SMILES string of the molecule is [2H]OC1=CCCCC1. The molecule has 0 spiro atoms. The number of rotatable bonds is 1. The number of aliphatic hydroxyl groups excluding tert-OH is 1. The molecule has 1 N–H and O–H groups in total. The maximum Gasteiger partial charge on any atom is 0.293 e. The molecule has 1 rings (SSSR count). The van der Waals surface area contributed by atoms with E-state index in [1.54, 1.807) is 0 Å². The summed E-state index contributed by atoms with van der Waals surface area (Å²) in [5.74, 6) is 0.844. The zero-order chi connectivity index (χ0) is 5.82. The zero-order valence-electron chi connectivity index (χ0n) is 5.31. The van der Waals surface area contributed by atoms with Crippen LogP contribution in [-0.2, 0) is 0 Å². The molecule has 0 heterocycles. The lowest BCUT2D eigenvalue weighted by Crippen LogP contribution is -1.88. The van der Waals surface area contributed by atoms with Gasteiger partial charge in [0.15, 0.2) is 0 Å². The minimum absolute atomic E-state index is 0.844. The third-order valence-corrected chi connectivity index (χ3v) is 1.25. The normalized spacial score (nSPS) is 22.9. The Kier molecular flexibility index (Phi) is 1.01. The Labute approximate surface area is 45.2 Å². The standard InChI is InChI=1S/C6H10O/c7-6-4-2-1-3-5-6/h4,7H,1-3,5H2/i/hD. The smallest absolute Gasteiger partial charge is 0.293 e. The Morgan fingerprint density at radius 2 is 2.71 bits per heavy atom. The highest BCUT2D eigenvalue weighted by Gasteiger charge is 1.97. The lowest BCUT2D eigenvalue weighted by molar-refractivity contribution is 0.368. The second-order valence-corrected chi connectivity index (χ2v) is 1.92. The van der Waals surface area contributed by atoms with Crippen LogP contribution in [0.5, 0.6) is 0 Å². The summed E-state index contributed by atoms with van der Waals surface area (Å²) in [7, 11) is 0. The van der Waals surface area contributed by atoms with Crippen LogP contribution in [0.15, 0.2) is 11.8 Å². The molecule has 0 atom stereocenters. The summed E-state index contributed by atoms with van der Waals surface area (Å²) in [6.45, 7) is 0. The molecule has 1 aliphatic carbocycles. The lowest BCUT2D eigenvalue weighted by atomic mass is 10.1. The highest BCUT2D eigenvalue weighted by Crippen LogP contribution is 2.13. The van der Waals surface area contributed by atoms with Gasteiger partial charge < -0.3 is 5.11 Å². The number of hydrogen-bond acceptors (Lipinski definition) is 1. The molecule has 0 aromatic heterocycles. The Morgan fingerprint density at radius 1 is 1.71 bits per heavy atom. The van der Waals surface area contributed by atoms with Gasteiger partial charge in [-0.05, 0) is 25.3 Å². The van der Waals surface area contributed by atoms with Crippen LogP contribution in [0.3, 0.4) is 0 Å². The Balaban J connectivity index is 2.37. The van der Waals surface area contributed by atoms with E-state index in [9.17, 15) is 0 Å². The summed E-state index contributed by atoms with van der Waals surface area (Å²) in [6, 6.07) is 0. The fourth-order valence-electron chi connectivity index (χ4n) is 0.809. The highest BCUT2D eigenvalue weighted by atomic mass is 16.3. The Morgan fingerprint density at radius 3 is 3.14 bits per heavy atom. The van der Waals surface area contributed by atoms with Crippen molar-refractivity contribution in [1.82, 2.24) is 0 Å². The van der Waals surface area contributed by atoms with Crippen LogP contribution in [0.2, 0.25) is 0 Å². The first-order valence-electron chi connectivity index (χ1n) is 3.16. The van der Waals surface area contributed by atoms with Crippen molar-refractivity contribution in [2.75, 3.05) is 0 Å². The fraction of sp³-hybridized carbons (Fsp3) is 0.667. The fourth-order valence-corrected chi connectivity index (χ4v) is 0.809. The van der Waals surface area contributed by atoms with E-state index in [1.165, 1.54) is 12.8 Å². The third-order valence-electron chi connectivity index (χ3n) is 1.25. The van der Waals surface area contributed by atoms with Gasteiger partial charge in [-0.15, -0.1) is 0 Å². The Hall–Kier alpha value is -0.460. The molecule has 0 saturated heterocycles. The van der Waals surface area contributed by atoms with Gasteiger partial charge in [0, 0.05) is 6.42 Å². The molecule has 1 aliphatic rings. The highest BCUT2D eigenvalue weighted by molar-refractivity contribution is 4.93. The molecule has 1 nitrogen and oxygen atoms in total. The van der Waals surface area contributed by atoms with Crippen LogP contribution >= 0.6 is 0 Å². The van der Waals surface area contributed by atoms with Crippen LogP contribution < -0.4 is 0 Å². The van der Waals surface area contributed by atoms with Gasteiger partial charge in [0.25, 0.3) is 1.43 Å². The predicted molar refractivity (Wildman–Crippen MR) is 29.2 cm³/mol. The van der Waals surface area contributed by atoms with Crippen molar-refractivity contribution in [3.05, 3.63) is 11.8 Å². The summed E-state index contributed by atoms with van der Waals surface area (Å²) in [5.41, 5.74) is 0. The predicted octanol–water partition coefficient (Wildman–Crippen LogP) is 2.00. The molecular weight excluding hydrogens is 88.1 g/mol. The van der Waals surface area contributed by atoms with Crippen LogP contribution in [0.25, 0.3) is 1.43 Å². The average Bonchev–Trinajstić information content (AvgIpc) is 1.90. The monoisotopic (exact) mass is 99.1 g/mol. The number of hydrogen-bond donors (Lipinski definition) is 1. The summed E-state index contributed by atoms with van der Waals surface area (Å²) < 4.78 is 6.53. The zero-order valence-corrected chi connectivity index (χ0v) is 4.31. The van der Waals surface area contributed by atoms with Gasteiger partial charge in [-0.3, -0.25) is 0 Å². The molecule has 7 heavy (non-hydrogen) atoms. The first-order chi connectivity index (χ1) is 3.93. The van der Waals surface area contributed by atoms with Crippen molar-refractivity contribution < 1.29 is 5.11 Å². The van der Waals surface area contributed by atoms with Gasteiger partial charge in [0.05, 0.1) is 5.76 Å². The van der Waals surface area contributed by atoms with Crippen molar-refractivity contribution in [2.45, 2.75) is 25.7 Å². The lowest BCUT2D eigenvalue weighted by Gasteiger charge is -2.04. The molecule has 0 aromatic carbocycles. The molecule has 0 aliphatic heterocycles. The molecule has 1 heteroatoms. The quantitative estimate of drug-likeness (QED) is 0.533. The number of aliphatic hydroxyl groups is 1. The van der Waals surface area contributed by atoms with Crippen molar-refractivity contribution >= 4 is 0 Å². The largest absolute Gasteiger partial charge is 0.513 e. The second kappa shape index (κ2) is 2.01. The van der Waals surface area contributed by atoms with E-state index in [0.29, 0.717) is 0 Å². The third kappa shape index (κ3) is 1.22. The summed E-state index contributed by atoms with van der Waals surface area (Å²) in [6.07, 6.45) is 6.49. The minimum Gasteiger partial charge on any atom is -0.513 e. The first-order valence-corrected chi connectivity index (χ1v) is 2.75. The van der Waals surface area contributed by atoms with Crippen molar-refractivity contribution in [3.63, 3.8) is 0 Å². The molecule has 0 aromatic rings. The molecule has 0 bridgehead atoms.